The highest BCUT2D eigenvalue weighted by Crippen LogP contribution is 2.44. The number of oxime groups is 1. The van der Waals surface area contributed by atoms with Gasteiger partial charge in [0.2, 0.25) is 8.32 Å². The molecule has 0 fully saturated rings. The minimum absolute atomic E-state index is 0.0750. The number of carbonyl (C=O) groups is 1. The summed E-state index contributed by atoms with van der Waals surface area (Å²) in [7, 11) is -4.00. The van der Waals surface area contributed by atoms with E-state index in [1.54, 1.807) is 0 Å². The highest BCUT2D eigenvalue weighted by molar-refractivity contribution is 6.77. The van der Waals surface area contributed by atoms with E-state index >= 15 is 0 Å². The number of allylic oxidation sites excluding steroid dienone is 1. The first-order valence-electron chi connectivity index (χ1n) is 10.3. The Bertz CT molecular complexity index is 565. The van der Waals surface area contributed by atoms with Crippen molar-refractivity contribution in [3.05, 3.63) is 11.6 Å². The average Bonchev–Trinajstić information content (AvgIpc) is 2.90. The summed E-state index contributed by atoms with van der Waals surface area (Å²) in [5.41, 5.74) is 2.89. The number of hydrogen-bond donors (Lipinski definition) is 0. The van der Waals surface area contributed by atoms with Crippen LogP contribution in [0.25, 0.3) is 0 Å². The predicted molar refractivity (Wildman–Crippen MR) is 120 cm³/mol. The molecule has 1 rings (SSSR count). The predicted octanol–water partition coefficient (Wildman–Crippen LogP) is 6.45. The van der Waals surface area contributed by atoms with Gasteiger partial charge in [-0.25, -0.2) is 0 Å². The molecule has 1 atom stereocenters. The molecule has 0 aliphatic heterocycles. The summed E-state index contributed by atoms with van der Waals surface area (Å²) in [5.74, 6) is 0. The van der Waals surface area contributed by atoms with Gasteiger partial charge in [-0.3, -0.25) is 4.79 Å². The van der Waals surface area contributed by atoms with Crippen LogP contribution in [-0.4, -0.2) is 34.7 Å². The second-order valence-electron chi connectivity index (χ2n) is 10.3. The second-order valence-corrected chi connectivity index (χ2v) is 20.4. The van der Waals surface area contributed by atoms with Crippen LogP contribution < -0.4 is 0 Å². The number of nitrogens with zero attached hydrogens (tertiary/aromatic N) is 1. The molecule has 0 N–H and O–H groups in total. The normalized spacial score (nSPS) is 20.7. The first-order chi connectivity index (χ1) is 12.2. The lowest BCUT2D eigenvalue weighted by Crippen LogP contribution is -2.49. The maximum atomic E-state index is 11.6. The highest BCUT2D eigenvalue weighted by Gasteiger charge is 2.47. The summed E-state index contributed by atoms with van der Waals surface area (Å²) in [6.45, 7) is 24.6. The Morgan fingerprint density at radius 1 is 1.07 bits per heavy atom. The van der Waals surface area contributed by atoms with Crippen LogP contribution in [0.15, 0.2) is 16.8 Å². The van der Waals surface area contributed by atoms with E-state index in [1.807, 2.05) is 6.08 Å². The zero-order valence-electron chi connectivity index (χ0n) is 19.3. The van der Waals surface area contributed by atoms with Crippen LogP contribution in [0.1, 0.15) is 68.7 Å². The summed E-state index contributed by atoms with van der Waals surface area (Å²) in [6, 6.07) is 0. The second kappa shape index (κ2) is 8.74. The van der Waals surface area contributed by atoms with Gasteiger partial charge in [0.25, 0.3) is 8.32 Å². The van der Waals surface area contributed by atoms with Crippen LogP contribution in [0.4, 0.5) is 0 Å². The zero-order valence-corrected chi connectivity index (χ0v) is 21.3. The maximum Gasteiger partial charge on any atom is 0.286 e. The van der Waals surface area contributed by atoms with Crippen molar-refractivity contribution in [2.45, 2.75) is 110 Å². The minimum Gasteiger partial charge on any atom is -0.455 e. The third-order valence-corrected chi connectivity index (χ3v) is 16.8. The van der Waals surface area contributed by atoms with E-state index in [0.717, 1.165) is 12.0 Å². The largest absolute Gasteiger partial charge is 0.455 e. The lowest BCUT2D eigenvalue weighted by molar-refractivity contribution is -0.104. The third kappa shape index (κ3) is 5.21. The molecule has 0 aromatic carbocycles. The van der Waals surface area contributed by atoms with Crippen LogP contribution in [0.2, 0.25) is 34.8 Å². The van der Waals surface area contributed by atoms with Gasteiger partial charge in [-0.2, -0.15) is 0 Å². The Kier molecular flexibility index (Phi) is 7.87. The van der Waals surface area contributed by atoms with E-state index in [-0.39, 0.29) is 11.1 Å². The van der Waals surface area contributed by atoms with E-state index in [9.17, 15) is 4.79 Å². The lowest BCUT2D eigenvalue weighted by atomic mass is 10.2. The van der Waals surface area contributed by atoms with Crippen LogP contribution in [0.5, 0.6) is 0 Å². The van der Waals surface area contributed by atoms with E-state index in [0.29, 0.717) is 28.6 Å². The summed E-state index contributed by atoms with van der Waals surface area (Å²) >= 11 is 0. The van der Waals surface area contributed by atoms with Gasteiger partial charge in [-0.15, -0.1) is 5.16 Å². The Hall–Kier alpha value is -0.726. The Labute approximate surface area is 169 Å². The summed E-state index contributed by atoms with van der Waals surface area (Å²) in [5, 5.41) is 4.52. The van der Waals surface area contributed by atoms with Crippen molar-refractivity contribution in [1.29, 1.82) is 0 Å². The SMILES string of the molecule is CC(C)[Si](O[C@H]1C=C(C=O)/C(=N/O[Si](C)(C)C(C)(C)C)C1)(C(C)C)C(C)C. The van der Waals surface area contributed by atoms with Gasteiger partial charge < -0.3 is 8.95 Å². The fourth-order valence-corrected chi connectivity index (χ4v) is 10.0. The van der Waals surface area contributed by atoms with Gasteiger partial charge >= 0.3 is 0 Å². The molecule has 0 aromatic heterocycles. The van der Waals surface area contributed by atoms with E-state index in [1.165, 1.54) is 0 Å². The van der Waals surface area contributed by atoms with Gasteiger partial charge in [-0.1, -0.05) is 62.3 Å². The molecule has 0 bridgehead atoms. The van der Waals surface area contributed by atoms with Crippen LogP contribution >= 0.6 is 0 Å². The van der Waals surface area contributed by atoms with Gasteiger partial charge in [-0.05, 0) is 40.8 Å². The first-order valence-corrected chi connectivity index (χ1v) is 15.3. The molecule has 4 nitrogen and oxygen atoms in total. The molecule has 0 unspecified atom stereocenters. The fourth-order valence-electron chi connectivity index (χ4n) is 3.91. The average molecular weight is 412 g/mol. The number of hydrogen-bond acceptors (Lipinski definition) is 4. The molecule has 0 aromatic rings. The quantitative estimate of drug-likeness (QED) is 0.262. The van der Waals surface area contributed by atoms with Gasteiger partial charge in [0.1, 0.15) is 0 Å². The topological polar surface area (TPSA) is 47.9 Å². The van der Waals surface area contributed by atoms with Gasteiger partial charge in [0, 0.05) is 12.0 Å². The monoisotopic (exact) mass is 411 g/mol. The molecule has 0 saturated heterocycles. The summed E-state index contributed by atoms with van der Waals surface area (Å²) < 4.78 is 12.8. The number of aldehydes is 1. The van der Waals surface area contributed by atoms with Gasteiger partial charge in [0.15, 0.2) is 6.29 Å². The van der Waals surface area contributed by atoms with Crippen molar-refractivity contribution in [3.8, 4) is 0 Å². The maximum absolute atomic E-state index is 11.6. The van der Waals surface area contributed by atoms with Crippen molar-refractivity contribution in [2.75, 3.05) is 0 Å². The number of rotatable bonds is 8. The Balaban J connectivity index is 3.08. The molecule has 1 aliphatic carbocycles. The van der Waals surface area contributed by atoms with Gasteiger partial charge in [0.05, 0.1) is 11.8 Å². The third-order valence-electron chi connectivity index (χ3n) is 6.47. The molecular weight excluding hydrogens is 370 g/mol. The van der Waals surface area contributed by atoms with E-state index in [4.69, 9.17) is 8.95 Å². The molecule has 0 saturated carbocycles. The first kappa shape index (κ1) is 24.3. The lowest BCUT2D eigenvalue weighted by Gasteiger charge is -2.43. The molecule has 1 aliphatic rings. The zero-order chi connectivity index (χ0) is 21.2. The van der Waals surface area contributed by atoms with Crippen LogP contribution in [0, 0.1) is 0 Å². The fraction of sp³-hybridized carbons (Fsp3) is 0.810. The molecule has 27 heavy (non-hydrogen) atoms. The Morgan fingerprint density at radius 3 is 1.93 bits per heavy atom. The minimum atomic E-state index is -2.00. The van der Waals surface area contributed by atoms with Crippen molar-refractivity contribution in [3.63, 3.8) is 0 Å². The van der Waals surface area contributed by atoms with Crippen molar-refractivity contribution >= 4 is 28.6 Å². The molecule has 0 heterocycles. The van der Waals surface area contributed by atoms with Crippen molar-refractivity contribution in [1.82, 2.24) is 0 Å². The Morgan fingerprint density at radius 2 is 1.56 bits per heavy atom. The highest BCUT2D eigenvalue weighted by atomic mass is 28.4. The summed E-state index contributed by atoms with van der Waals surface area (Å²) in [6.07, 6.45) is 3.39. The van der Waals surface area contributed by atoms with Crippen molar-refractivity contribution in [2.24, 2.45) is 5.16 Å². The van der Waals surface area contributed by atoms with E-state index < -0.39 is 16.6 Å². The van der Waals surface area contributed by atoms with E-state index in [2.05, 4.69) is 80.6 Å². The number of carbonyl (C=O) groups excluding carboxylic acids is 1. The summed E-state index contributed by atoms with van der Waals surface area (Å²) in [4.78, 5) is 11.6. The molecule has 0 radical (unpaired) electrons. The molecule has 6 heteroatoms. The molecule has 0 amide bonds. The smallest absolute Gasteiger partial charge is 0.286 e. The molecule has 0 spiro atoms. The van der Waals surface area contributed by atoms with Crippen LogP contribution in [-0.2, 0) is 13.7 Å². The van der Waals surface area contributed by atoms with Crippen LogP contribution in [0.3, 0.4) is 0 Å². The molecule has 156 valence electrons. The molecular formula is C21H41NO3Si2. The standard InChI is InChI=1S/C21H41NO3Si2/c1-15(2)27(16(3)4,17(5)6)24-19-12-18(14-23)20(13-19)22-25-26(10,11)21(7,8)9/h12,14-17,19H,13H2,1-11H3/b22-20+/t19-/m0/s1. The van der Waals surface area contributed by atoms with Crippen molar-refractivity contribution < 1.29 is 13.7 Å².